The van der Waals surface area contributed by atoms with Crippen LogP contribution in [0.1, 0.15) is 5.56 Å². The van der Waals surface area contributed by atoms with Gasteiger partial charge in [0.15, 0.2) is 0 Å². The number of esters is 1. The van der Waals surface area contributed by atoms with Crippen molar-refractivity contribution in [1.29, 1.82) is 0 Å². The molecule has 0 unspecified atom stereocenters. The van der Waals surface area contributed by atoms with Gasteiger partial charge in [-0.3, -0.25) is 4.79 Å². The molecule has 4 heteroatoms. The standard InChI is InChI=1S/C17H18O3S/c1-19-17(18)13-14-7-5-6-10-16(14)20-11-12-21-15-8-3-2-4-9-15/h2-10H,11-13H2,1H3. The molecule has 0 saturated carbocycles. The van der Waals surface area contributed by atoms with E-state index >= 15 is 0 Å². The Morgan fingerprint density at radius 1 is 1.05 bits per heavy atom. The Hall–Kier alpha value is -1.94. The Bertz CT molecular complexity index is 569. The number of para-hydroxylation sites is 1. The van der Waals surface area contributed by atoms with Crippen molar-refractivity contribution in [2.75, 3.05) is 19.5 Å². The molecule has 2 aromatic carbocycles. The van der Waals surface area contributed by atoms with Crippen molar-refractivity contribution in [2.45, 2.75) is 11.3 Å². The van der Waals surface area contributed by atoms with Gasteiger partial charge in [0.05, 0.1) is 20.1 Å². The van der Waals surface area contributed by atoms with Crippen molar-refractivity contribution in [1.82, 2.24) is 0 Å². The van der Waals surface area contributed by atoms with E-state index in [1.54, 1.807) is 11.8 Å². The molecule has 0 heterocycles. The number of benzene rings is 2. The Morgan fingerprint density at radius 3 is 2.52 bits per heavy atom. The van der Waals surface area contributed by atoms with E-state index < -0.39 is 0 Å². The molecule has 0 amide bonds. The minimum Gasteiger partial charge on any atom is -0.492 e. The van der Waals surface area contributed by atoms with Crippen molar-refractivity contribution in [3.63, 3.8) is 0 Å². The fourth-order valence-electron chi connectivity index (χ4n) is 1.85. The van der Waals surface area contributed by atoms with E-state index in [0.29, 0.717) is 6.61 Å². The molecule has 0 aromatic heterocycles. The van der Waals surface area contributed by atoms with Crippen LogP contribution in [-0.4, -0.2) is 25.4 Å². The Kier molecular flexibility index (Phi) is 6.16. The maximum atomic E-state index is 11.4. The van der Waals surface area contributed by atoms with Crippen molar-refractivity contribution < 1.29 is 14.3 Å². The number of methoxy groups -OCH3 is 1. The lowest BCUT2D eigenvalue weighted by atomic mass is 10.1. The number of carbonyl (C=O) groups is 1. The van der Waals surface area contributed by atoms with Crippen molar-refractivity contribution in [2.24, 2.45) is 0 Å². The number of carbonyl (C=O) groups excluding carboxylic acids is 1. The van der Waals surface area contributed by atoms with Gasteiger partial charge < -0.3 is 9.47 Å². The molecule has 0 atom stereocenters. The summed E-state index contributed by atoms with van der Waals surface area (Å²) < 4.78 is 10.5. The van der Waals surface area contributed by atoms with E-state index in [0.717, 1.165) is 17.1 Å². The maximum Gasteiger partial charge on any atom is 0.310 e. The number of rotatable bonds is 7. The van der Waals surface area contributed by atoms with Crippen LogP contribution in [-0.2, 0) is 16.0 Å². The lowest BCUT2D eigenvalue weighted by Crippen LogP contribution is -2.08. The highest BCUT2D eigenvalue weighted by molar-refractivity contribution is 7.99. The van der Waals surface area contributed by atoms with E-state index in [2.05, 4.69) is 12.1 Å². The second-order valence-electron chi connectivity index (χ2n) is 4.37. The third-order valence-electron chi connectivity index (χ3n) is 2.89. The molecule has 0 aliphatic carbocycles. The second kappa shape index (κ2) is 8.37. The van der Waals surface area contributed by atoms with E-state index in [-0.39, 0.29) is 12.4 Å². The van der Waals surface area contributed by atoms with Gasteiger partial charge in [0.25, 0.3) is 0 Å². The molecule has 0 spiro atoms. The monoisotopic (exact) mass is 302 g/mol. The first-order chi connectivity index (χ1) is 10.3. The Balaban J connectivity index is 1.84. The van der Waals surface area contributed by atoms with Crippen LogP contribution in [0.5, 0.6) is 5.75 Å². The number of hydrogen-bond acceptors (Lipinski definition) is 4. The smallest absolute Gasteiger partial charge is 0.310 e. The van der Waals surface area contributed by atoms with Gasteiger partial charge in [0.2, 0.25) is 0 Å². The average molecular weight is 302 g/mol. The van der Waals surface area contributed by atoms with Gasteiger partial charge in [-0.15, -0.1) is 11.8 Å². The van der Waals surface area contributed by atoms with E-state index in [4.69, 9.17) is 9.47 Å². The van der Waals surface area contributed by atoms with Crippen LogP contribution in [0.2, 0.25) is 0 Å². The van der Waals surface area contributed by atoms with Gasteiger partial charge in [0.1, 0.15) is 5.75 Å². The molecule has 0 saturated heterocycles. The first-order valence-corrected chi connectivity index (χ1v) is 7.73. The number of thioether (sulfide) groups is 1. The van der Waals surface area contributed by atoms with Crippen molar-refractivity contribution >= 4 is 17.7 Å². The van der Waals surface area contributed by atoms with Crippen LogP contribution < -0.4 is 4.74 Å². The van der Waals surface area contributed by atoms with Gasteiger partial charge in [-0.25, -0.2) is 0 Å². The summed E-state index contributed by atoms with van der Waals surface area (Å²) >= 11 is 1.75. The zero-order valence-corrected chi connectivity index (χ0v) is 12.8. The lowest BCUT2D eigenvalue weighted by molar-refractivity contribution is -0.139. The molecule has 0 aliphatic rings. The fourth-order valence-corrected chi connectivity index (χ4v) is 2.60. The van der Waals surface area contributed by atoms with Crippen molar-refractivity contribution in [3.8, 4) is 5.75 Å². The number of ether oxygens (including phenoxy) is 2. The van der Waals surface area contributed by atoms with Crippen LogP contribution in [0.15, 0.2) is 59.5 Å². The van der Waals surface area contributed by atoms with E-state index in [1.165, 1.54) is 12.0 Å². The molecule has 0 N–H and O–H groups in total. The van der Waals surface area contributed by atoms with Crippen LogP contribution in [0.3, 0.4) is 0 Å². The summed E-state index contributed by atoms with van der Waals surface area (Å²) in [6, 6.07) is 17.8. The molecule has 21 heavy (non-hydrogen) atoms. The van der Waals surface area contributed by atoms with Crippen LogP contribution >= 0.6 is 11.8 Å². The maximum absolute atomic E-state index is 11.4. The predicted molar refractivity (Wildman–Crippen MR) is 84.8 cm³/mol. The molecule has 0 bridgehead atoms. The highest BCUT2D eigenvalue weighted by Crippen LogP contribution is 2.21. The lowest BCUT2D eigenvalue weighted by Gasteiger charge is -2.10. The molecule has 2 aromatic rings. The van der Waals surface area contributed by atoms with Gasteiger partial charge in [-0.1, -0.05) is 36.4 Å². The SMILES string of the molecule is COC(=O)Cc1ccccc1OCCSc1ccccc1. The molecule has 110 valence electrons. The van der Waals surface area contributed by atoms with Gasteiger partial charge in [-0.2, -0.15) is 0 Å². The second-order valence-corrected chi connectivity index (χ2v) is 5.54. The summed E-state index contributed by atoms with van der Waals surface area (Å²) in [7, 11) is 1.39. The number of hydrogen-bond donors (Lipinski definition) is 0. The molecule has 0 aliphatic heterocycles. The molecule has 0 radical (unpaired) electrons. The molecular weight excluding hydrogens is 284 g/mol. The molecule has 3 nitrogen and oxygen atoms in total. The largest absolute Gasteiger partial charge is 0.492 e. The van der Waals surface area contributed by atoms with Gasteiger partial charge in [-0.05, 0) is 18.2 Å². The zero-order valence-electron chi connectivity index (χ0n) is 12.0. The first kappa shape index (κ1) is 15.4. The summed E-state index contributed by atoms with van der Waals surface area (Å²) in [5.41, 5.74) is 0.856. The van der Waals surface area contributed by atoms with Crippen molar-refractivity contribution in [3.05, 3.63) is 60.2 Å². The normalized spacial score (nSPS) is 10.1. The molecular formula is C17H18O3S. The van der Waals surface area contributed by atoms with Crippen LogP contribution in [0.4, 0.5) is 0 Å². The average Bonchev–Trinajstić information content (AvgIpc) is 2.54. The minimum atomic E-state index is -0.260. The summed E-state index contributed by atoms with van der Waals surface area (Å²) in [6.45, 7) is 0.595. The quantitative estimate of drug-likeness (QED) is 0.445. The minimum absolute atomic E-state index is 0.235. The fraction of sp³-hybridized carbons (Fsp3) is 0.235. The Morgan fingerprint density at radius 2 is 1.76 bits per heavy atom. The first-order valence-electron chi connectivity index (χ1n) is 6.75. The van der Waals surface area contributed by atoms with Crippen LogP contribution in [0, 0.1) is 0 Å². The summed E-state index contributed by atoms with van der Waals surface area (Å²) in [5, 5.41) is 0. The summed E-state index contributed by atoms with van der Waals surface area (Å²) in [6.07, 6.45) is 0.235. The highest BCUT2D eigenvalue weighted by Gasteiger charge is 2.08. The zero-order chi connectivity index (χ0) is 14.9. The third-order valence-corrected chi connectivity index (χ3v) is 3.86. The van der Waals surface area contributed by atoms with E-state index in [9.17, 15) is 4.79 Å². The van der Waals surface area contributed by atoms with Crippen LogP contribution in [0.25, 0.3) is 0 Å². The summed E-state index contributed by atoms with van der Waals surface area (Å²) in [5.74, 6) is 1.34. The van der Waals surface area contributed by atoms with Gasteiger partial charge >= 0.3 is 5.97 Å². The summed E-state index contributed by atoms with van der Waals surface area (Å²) in [4.78, 5) is 12.6. The highest BCUT2D eigenvalue weighted by atomic mass is 32.2. The van der Waals surface area contributed by atoms with Gasteiger partial charge in [0, 0.05) is 16.2 Å². The Labute approximate surface area is 129 Å². The predicted octanol–water partition coefficient (Wildman–Crippen LogP) is 3.57. The third kappa shape index (κ3) is 5.16. The molecule has 2 rings (SSSR count). The topological polar surface area (TPSA) is 35.5 Å². The van der Waals surface area contributed by atoms with E-state index in [1.807, 2.05) is 42.5 Å². The molecule has 0 fully saturated rings.